The third-order valence-corrected chi connectivity index (χ3v) is 14.3. The fourth-order valence-electron chi connectivity index (χ4n) is 9.61. The lowest BCUT2D eigenvalue weighted by Crippen LogP contribution is -2.60. The van der Waals surface area contributed by atoms with Crippen LogP contribution in [0.5, 0.6) is 0 Å². The van der Waals surface area contributed by atoms with Gasteiger partial charge in [-0.05, 0) is 44.9 Å². The first-order chi connectivity index (χ1) is 33.3. The maximum Gasteiger partial charge on any atom is 0.220 e. The Labute approximate surface area is 419 Å². The molecule has 6 N–H and O–H groups in total. The van der Waals surface area contributed by atoms with Crippen LogP contribution in [0.25, 0.3) is 0 Å². The van der Waals surface area contributed by atoms with Gasteiger partial charge in [-0.15, -0.1) is 0 Å². The normalized spacial score (nSPS) is 19.7. The maximum atomic E-state index is 12.9. The van der Waals surface area contributed by atoms with Crippen LogP contribution >= 0.6 is 0 Å². The standard InChI is InChI=1S/C59H113NO8/c1-3-5-7-9-11-12-13-14-15-16-17-18-19-20-21-22-23-24-25-26-27-28-29-30-31-32-33-34-35-36-37-38-39-40-41-42-43-45-47-49-55(63)60-52(53(62)48-46-44-10-8-6-4-2)51-67-59-58(66)57(65)56(64)54(50-61)68-59/h13-14,16-17,52-54,56-59,61-62,64-66H,3-12,15,18-51H2,1-2H3,(H,60,63)/b14-13-,17-16-. The molecule has 1 aliphatic rings. The summed E-state index contributed by atoms with van der Waals surface area (Å²) >= 11 is 0. The van der Waals surface area contributed by atoms with Crippen LogP contribution in [-0.4, -0.2) is 87.5 Å². The second kappa shape index (κ2) is 49.3. The van der Waals surface area contributed by atoms with Crippen LogP contribution in [0, 0.1) is 0 Å². The van der Waals surface area contributed by atoms with Crippen LogP contribution in [0.4, 0.5) is 0 Å². The zero-order chi connectivity index (χ0) is 49.4. The van der Waals surface area contributed by atoms with Crippen LogP contribution < -0.4 is 5.32 Å². The highest BCUT2D eigenvalue weighted by Gasteiger charge is 2.44. The lowest BCUT2D eigenvalue weighted by atomic mass is 9.99. The number of allylic oxidation sites excluding steroid dienone is 4. The van der Waals surface area contributed by atoms with Crippen LogP contribution in [0.2, 0.25) is 0 Å². The van der Waals surface area contributed by atoms with E-state index >= 15 is 0 Å². The van der Waals surface area contributed by atoms with Gasteiger partial charge in [0.2, 0.25) is 5.91 Å². The highest BCUT2D eigenvalue weighted by Crippen LogP contribution is 2.23. The SMILES string of the molecule is CCCCCCC/C=C\C/C=C\CCCCCCCCCCCCCCCCCCCCCCCCCCCCCC(=O)NC(COC1OC(CO)C(O)C(O)C1O)C(O)CCCCCCCC. The Balaban J connectivity index is 1.93. The predicted molar refractivity (Wildman–Crippen MR) is 286 cm³/mol. The topological polar surface area (TPSA) is 149 Å². The highest BCUT2D eigenvalue weighted by molar-refractivity contribution is 5.76. The first-order valence-electron chi connectivity index (χ1n) is 29.5. The Kier molecular flexibility index (Phi) is 46.9. The molecule has 7 atom stereocenters. The Hall–Kier alpha value is -1.33. The minimum absolute atomic E-state index is 0.135. The van der Waals surface area contributed by atoms with E-state index in [1.54, 1.807) is 0 Å². The van der Waals surface area contributed by atoms with E-state index in [1.165, 1.54) is 218 Å². The molecule has 68 heavy (non-hydrogen) atoms. The Morgan fingerprint density at radius 2 is 0.868 bits per heavy atom. The molecule has 1 saturated heterocycles. The molecule has 0 aromatic carbocycles. The van der Waals surface area contributed by atoms with E-state index in [-0.39, 0.29) is 12.5 Å². The molecule has 0 aliphatic carbocycles. The van der Waals surface area contributed by atoms with Gasteiger partial charge in [-0.2, -0.15) is 0 Å². The van der Waals surface area contributed by atoms with Gasteiger partial charge in [0.25, 0.3) is 0 Å². The van der Waals surface area contributed by atoms with Gasteiger partial charge in [-0.1, -0.05) is 263 Å². The second-order valence-electron chi connectivity index (χ2n) is 20.8. The number of unbranched alkanes of at least 4 members (excludes halogenated alkanes) is 37. The number of carbonyl (C=O) groups is 1. The minimum Gasteiger partial charge on any atom is -0.394 e. The highest BCUT2D eigenvalue weighted by atomic mass is 16.7. The van der Waals surface area contributed by atoms with Crippen LogP contribution in [-0.2, 0) is 14.3 Å². The van der Waals surface area contributed by atoms with Gasteiger partial charge in [0.05, 0.1) is 25.4 Å². The molecule has 9 nitrogen and oxygen atoms in total. The fraction of sp³-hybridized carbons (Fsp3) is 0.915. The van der Waals surface area contributed by atoms with Crippen LogP contribution in [0.1, 0.15) is 290 Å². The molecule has 9 heteroatoms. The molecule has 0 spiro atoms. The van der Waals surface area contributed by atoms with Crippen molar-refractivity contribution in [2.45, 2.75) is 333 Å². The van der Waals surface area contributed by atoms with Crippen molar-refractivity contribution in [3.63, 3.8) is 0 Å². The summed E-state index contributed by atoms with van der Waals surface area (Å²) < 4.78 is 11.2. The number of aliphatic hydroxyl groups excluding tert-OH is 5. The van der Waals surface area contributed by atoms with Gasteiger partial charge in [0, 0.05) is 6.42 Å². The van der Waals surface area contributed by atoms with Gasteiger partial charge < -0.3 is 40.3 Å². The number of carbonyl (C=O) groups excluding carboxylic acids is 1. The Morgan fingerprint density at radius 3 is 1.26 bits per heavy atom. The van der Waals surface area contributed by atoms with Crippen molar-refractivity contribution in [1.29, 1.82) is 0 Å². The van der Waals surface area contributed by atoms with Crippen molar-refractivity contribution < 1.29 is 39.8 Å². The van der Waals surface area contributed by atoms with Gasteiger partial charge in [-0.3, -0.25) is 4.79 Å². The third kappa shape index (κ3) is 38.4. The number of hydrogen-bond acceptors (Lipinski definition) is 8. The van der Waals surface area contributed by atoms with Crippen molar-refractivity contribution in [1.82, 2.24) is 5.32 Å². The molecule has 1 amide bonds. The number of ether oxygens (including phenoxy) is 2. The smallest absolute Gasteiger partial charge is 0.220 e. The molecule has 0 aromatic heterocycles. The van der Waals surface area contributed by atoms with Crippen LogP contribution in [0.15, 0.2) is 24.3 Å². The first-order valence-corrected chi connectivity index (χ1v) is 29.5. The van der Waals surface area contributed by atoms with Crippen molar-refractivity contribution >= 4 is 5.91 Å². The molecule has 0 aromatic rings. The lowest BCUT2D eigenvalue weighted by Gasteiger charge is -2.40. The van der Waals surface area contributed by atoms with E-state index < -0.39 is 49.5 Å². The largest absolute Gasteiger partial charge is 0.394 e. The summed E-state index contributed by atoms with van der Waals surface area (Å²) in [6.07, 6.45) is 55.8. The summed E-state index contributed by atoms with van der Waals surface area (Å²) in [7, 11) is 0. The Morgan fingerprint density at radius 1 is 0.500 bits per heavy atom. The van der Waals surface area contributed by atoms with Crippen molar-refractivity contribution in [2.75, 3.05) is 13.2 Å². The molecule has 0 radical (unpaired) electrons. The van der Waals surface area contributed by atoms with Crippen molar-refractivity contribution in [3.05, 3.63) is 24.3 Å². The van der Waals surface area contributed by atoms with E-state index in [9.17, 15) is 30.3 Å². The quantitative estimate of drug-likeness (QED) is 0.0261. The summed E-state index contributed by atoms with van der Waals surface area (Å²) in [4.78, 5) is 12.9. The predicted octanol–water partition coefficient (Wildman–Crippen LogP) is 14.6. The number of aliphatic hydroxyl groups is 5. The van der Waals surface area contributed by atoms with E-state index in [0.717, 1.165) is 44.9 Å². The van der Waals surface area contributed by atoms with Gasteiger partial charge in [0.15, 0.2) is 6.29 Å². The molecule has 1 aliphatic heterocycles. The van der Waals surface area contributed by atoms with E-state index in [2.05, 4.69) is 43.5 Å². The molecule has 402 valence electrons. The molecule has 1 fully saturated rings. The lowest BCUT2D eigenvalue weighted by molar-refractivity contribution is -0.302. The molecule has 1 heterocycles. The van der Waals surface area contributed by atoms with Crippen LogP contribution in [0.3, 0.4) is 0 Å². The van der Waals surface area contributed by atoms with E-state index in [0.29, 0.717) is 12.8 Å². The monoisotopic (exact) mass is 964 g/mol. The fourth-order valence-corrected chi connectivity index (χ4v) is 9.61. The minimum atomic E-state index is -1.55. The molecular formula is C59H113NO8. The second-order valence-corrected chi connectivity index (χ2v) is 20.8. The molecular weight excluding hydrogens is 851 g/mol. The average molecular weight is 965 g/mol. The molecule has 1 rings (SSSR count). The van der Waals surface area contributed by atoms with Gasteiger partial charge >= 0.3 is 0 Å². The summed E-state index contributed by atoms with van der Waals surface area (Å²) in [5.74, 6) is -0.144. The molecule has 0 saturated carbocycles. The summed E-state index contributed by atoms with van der Waals surface area (Å²) in [5.41, 5.74) is 0. The summed E-state index contributed by atoms with van der Waals surface area (Å²) in [6.45, 7) is 3.77. The maximum absolute atomic E-state index is 12.9. The number of amides is 1. The van der Waals surface area contributed by atoms with Gasteiger partial charge in [0.1, 0.15) is 24.4 Å². The van der Waals surface area contributed by atoms with E-state index in [1.807, 2.05) is 0 Å². The number of rotatable bonds is 51. The summed E-state index contributed by atoms with van der Waals surface area (Å²) in [5, 5.41) is 54.1. The summed E-state index contributed by atoms with van der Waals surface area (Å²) in [6, 6.07) is -0.712. The first kappa shape index (κ1) is 64.7. The zero-order valence-corrected chi connectivity index (χ0v) is 44.6. The zero-order valence-electron chi connectivity index (χ0n) is 44.6. The number of hydrogen-bond donors (Lipinski definition) is 6. The van der Waals surface area contributed by atoms with Gasteiger partial charge in [-0.25, -0.2) is 0 Å². The van der Waals surface area contributed by atoms with E-state index in [4.69, 9.17) is 9.47 Å². The van der Waals surface area contributed by atoms with Crippen molar-refractivity contribution in [3.8, 4) is 0 Å². The third-order valence-electron chi connectivity index (χ3n) is 14.3. The number of nitrogens with one attached hydrogen (secondary N) is 1. The Bertz CT molecular complexity index is 1120. The molecule has 7 unspecified atom stereocenters. The average Bonchev–Trinajstić information content (AvgIpc) is 3.34. The molecule has 0 bridgehead atoms. The van der Waals surface area contributed by atoms with Crippen molar-refractivity contribution in [2.24, 2.45) is 0 Å².